The van der Waals surface area contributed by atoms with Crippen molar-refractivity contribution in [3.05, 3.63) is 48.3 Å². The molecule has 1 fully saturated rings. The Morgan fingerprint density at radius 1 is 1.33 bits per heavy atom. The summed E-state index contributed by atoms with van der Waals surface area (Å²) in [6.07, 6.45) is 3.87. The Morgan fingerprint density at radius 2 is 2.04 bits per heavy atom. The number of rotatable bonds is 6. The highest BCUT2D eigenvalue weighted by atomic mass is 16.6. The summed E-state index contributed by atoms with van der Waals surface area (Å²) in [5.41, 5.74) is 1.97. The molecule has 1 aliphatic rings. The third-order valence-electron chi connectivity index (χ3n) is 5.12. The number of ether oxygens (including phenoxy) is 1. The topological polar surface area (TPSA) is 55.4 Å². The number of nitrogens with zero attached hydrogens (tertiary/aromatic N) is 3. The summed E-state index contributed by atoms with van der Waals surface area (Å²) in [6, 6.07) is 9.65. The molecule has 2 aromatic rings. The predicted molar refractivity (Wildman–Crippen MR) is 103 cm³/mol. The molecule has 6 nitrogen and oxygen atoms in total. The van der Waals surface area contributed by atoms with Gasteiger partial charge in [0.05, 0.1) is 20.1 Å². The number of carbonyl (C=O) groups excluding carboxylic acids is 2. The summed E-state index contributed by atoms with van der Waals surface area (Å²) in [5.74, 6) is -0.524. The van der Waals surface area contributed by atoms with Crippen molar-refractivity contribution in [1.29, 1.82) is 0 Å². The third kappa shape index (κ3) is 4.07. The summed E-state index contributed by atoms with van der Waals surface area (Å²) in [4.78, 5) is 27.0. The largest absolute Gasteiger partial charge is 0.447 e. The lowest BCUT2D eigenvalue weighted by molar-refractivity contribution is -0.653. The Hall–Kier alpha value is -2.57. The number of aromatic nitrogens is 2. The quantitative estimate of drug-likeness (QED) is 0.570. The number of benzene rings is 1. The van der Waals surface area contributed by atoms with Crippen molar-refractivity contribution < 1.29 is 18.9 Å². The maximum atomic E-state index is 13.4. The highest BCUT2D eigenvalue weighted by Crippen LogP contribution is 2.25. The lowest BCUT2D eigenvalue weighted by Crippen LogP contribution is -2.54. The minimum absolute atomic E-state index is 0.143. The van der Waals surface area contributed by atoms with Crippen molar-refractivity contribution in [1.82, 2.24) is 9.47 Å². The van der Waals surface area contributed by atoms with Gasteiger partial charge in [-0.1, -0.05) is 56.2 Å². The number of cyclic esters (lactones) is 1. The van der Waals surface area contributed by atoms with E-state index < -0.39 is 11.9 Å². The highest BCUT2D eigenvalue weighted by Gasteiger charge is 2.40. The number of hydrogen-bond donors (Lipinski definition) is 0. The average molecular weight is 367 g/mol. The number of hydrogen-bond acceptors (Lipinski definition) is 3. The van der Waals surface area contributed by atoms with Gasteiger partial charge in [-0.15, -0.1) is 5.82 Å². The smallest absolute Gasteiger partial charge is 0.416 e. The van der Waals surface area contributed by atoms with Crippen molar-refractivity contribution in [2.75, 3.05) is 6.61 Å². The van der Waals surface area contributed by atoms with E-state index in [-0.39, 0.29) is 24.5 Å². The van der Waals surface area contributed by atoms with E-state index in [1.807, 2.05) is 87.1 Å². The van der Waals surface area contributed by atoms with Crippen molar-refractivity contribution in [3.63, 3.8) is 0 Å². The zero-order valence-corrected chi connectivity index (χ0v) is 16.3. The van der Waals surface area contributed by atoms with Crippen LogP contribution < -0.4 is 10.3 Å². The molecule has 0 bridgehead atoms. The average Bonchev–Trinajstić information content (AvgIpc) is 3.18. The van der Waals surface area contributed by atoms with Crippen molar-refractivity contribution >= 4 is 25.0 Å². The fraction of sp³-hybridized carbons (Fsp3) is 0.450. The molecule has 1 aromatic heterocycles. The van der Waals surface area contributed by atoms with Gasteiger partial charge in [0.2, 0.25) is 0 Å². The van der Waals surface area contributed by atoms with Gasteiger partial charge in [-0.05, 0) is 5.92 Å². The van der Waals surface area contributed by atoms with Crippen molar-refractivity contribution in [2.45, 2.75) is 32.1 Å². The van der Waals surface area contributed by atoms with Crippen LogP contribution in [0.2, 0.25) is 5.82 Å². The van der Waals surface area contributed by atoms with Gasteiger partial charge >= 0.3 is 6.09 Å². The molecule has 1 aromatic carbocycles. The fourth-order valence-electron chi connectivity index (χ4n) is 3.46. The van der Waals surface area contributed by atoms with Crippen LogP contribution in [-0.2, 0) is 30.0 Å². The molecule has 0 spiro atoms. The molecular formula is C20H26BN3O3. The van der Waals surface area contributed by atoms with Crippen molar-refractivity contribution in [2.24, 2.45) is 20.0 Å². The van der Waals surface area contributed by atoms with Crippen LogP contribution in [0, 0.1) is 5.92 Å². The first kappa shape index (κ1) is 19.2. The lowest BCUT2D eigenvalue weighted by atomic mass is 9.60. The highest BCUT2D eigenvalue weighted by molar-refractivity contribution is 6.57. The van der Waals surface area contributed by atoms with Gasteiger partial charge in [-0.2, -0.15) is 7.28 Å². The van der Waals surface area contributed by atoms with E-state index in [1.165, 1.54) is 4.90 Å². The SMILES string of the molecule is CC(C)[C@H]1COC(=O)N1C(=O)C([B-]c1n(C)cc[n+]1C)Cc1ccccc1. The molecule has 1 aliphatic heterocycles. The Kier molecular flexibility index (Phi) is 5.68. The minimum atomic E-state index is -0.540. The molecule has 0 saturated carbocycles. The molecule has 27 heavy (non-hydrogen) atoms. The molecule has 2 radical (unpaired) electrons. The second kappa shape index (κ2) is 7.98. The third-order valence-corrected chi connectivity index (χ3v) is 5.12. The van der Waals surface area contributed by atoms with E-state index >= 15 is 0 Å². The van der Waals surface area contributed by atoms with Crippen molar-refractivity contribution in [3.8, 4) is 0 Å². The maximum Gasteiger partial charge on any atom is 0.416 e. The zero-order valence-electron chi connectivity index (χ0n) is 16.3. The van der Waals surface area contributed by atoms with E-state index in [0.717, 1.165) is 11.3 Å². The van der Waals surface area contributed by atoms with Gasteiger partial charge in [0.15, 0.2) is 5.91 Å². The second-order valence-electron chi connectivity index (χ2n) is 7.44. The molecule has 0 aliphatic carbocycles. The zero-order chi connectivity index (χ0) is 19.6. The number of imide groups is 1. The standard InChI is InChI=1S/C20H26BN3O3/c1-14(2)17-13-27-20(26)24(17)18(25)16(12-15-8-6-5-7-9-15)21-19-22(3)10-11-23(19)4/h5-11,14,16-17H,12-13H2,1-4H3/t16?,17-/m1/s1. The Labute approximate surface area is 161 Å². The van der Waals surface area contributed by atoms with Gasteiger partial charge in [-0.25, -0.2) is 9.69 Å². The normalized spacial score (nSPS) is 18.0. The molecule has 0 N–H and O–H groups in total. The summed E-state index contributed by atoms with van der Waals surface area (Å²) in [5, 5.41) is 0. The second-order valence-corrected chi connectivity index (χ2v) is 7.44. The summed E-state index contributed by atoms with van der Waals surface area (Å²) < 4.78 is 9.12. The van der Waals surface area contributed by atoms with Gasteiger partial charge in [0.1, 0.15) is 19.0 Å². The summed E-state index contributed by atoms with van der Waals surface area (Å²) in [6.45, 7) is 4.26. The van der Waals surface area contributed by atoms with Crippen LogP contribution in [0.3, 0.4) is 0 Å². The van der Waals surface area contributed by atoms with Crippen LogP contribution >= 0.6 is 0 Å². The predicted octanol–water partition coefficient (Wildman–Crippen LogP) is 1.21. The van der Waals surface area contributed by atoms with Crippen LogP contribution in [0.1, 0.15) is 19.4 Å². The number of amides is 2. The van der Waals surface area contributed by atoms with Crippen LogP contribution in [0.25, 0.3) is 0 Å². The van der Waals surface area contributed by atoms with E-state index in [0.29, 0.717) is 6.42 Å². The lowest BCUT2D eigenvalue weighted by Gasteiger charge is -2.32. The monoisotopic (exact) mass is 367 g/mol. The first-order valence-corrected chi connectivity index (χ1v) is 9.28. The molecule has 2 amide bonds. The van der Waals surface area contributed by atoms with E-state index in [1.54, 1.807) is 0 Å². The molecule has 1 saturated heterocycles. The molecule has 7 heteroatoms. The first-order valence-electron chi connectivity index (χ1n) is 9.28. The van der Waals surface area contributed by atoms with Gasteiger partial charge in [-0.3, -0.25) is 13.9 Å². The van der Waals surface area contributed by atoms with Gasteiger partial charge < -0.3 is 4.74 Å². The molecule has 1 unspecified atom stereocenters. The van der Waals surface area contributed by atoms with E-state index in [2.05, 4.69) is 0 Å². The first-order chi connectivity index (χ1) is 12.9. The molecular weight excluding hydrogens is 341 g/mol. The number of carbonyl (C=O) groups is 2. The van der Waals surface area contributed by atoms with Crippen LogP contribution in [0.5, 0.6) is 0 Å². The molecule has 2 atom stereocenters. The summed E-state index contributed by atoms with van der Waals surface area (Å²) >= 11 is 0. The minimum Gasteiger partial charge on any atom is -0.447 e. The Bertz CT molecular complexity index is 800. The Morgan fingerprint density at radius 3 is 2.63 bits per heavy atom. The van der Waals surface area contributed by atoms with E-state index in [9.17, 15) is 9.59 Å². The van der Waals surface area contributed by atoms with Crippen LogP contribution in [-0.4, -0.2) is 41.4 Å². The van der Waals surface area contributed by atoms with Crippen LogP contribution in [0.15, 0.2) is 42.7 Å². The van der Waals surface area contributed by atoms with Gasteiger partial charge in [0.25, 0.3) is 0 Å². The molecule has 3 rings (SSSR count). The Balaban J connectivity index is 1.90. The number of aryl methyl sites for hydroxylation is 2. The van der Waals surface area contributed by atoms with Crippen LogP contribution in [0.4, 0.5) is 4.79 Å². The fourth-order valence-corrected chi connectivity index (χ4v) is 3.46. The van der Waals surface area contributed by atoms with Gasteiger partial charge in [0, 0.05) is 5.72 Å². The van der Waals surface area contributed by atoms with E-state index in [4.69, 9.17) is 4.74 Å². The number of imidazole rings is 1. The molecule has 142 valence electrons. The summed E-state index contributed by atoms with van der Waals surface area (Å²) in [7, 11) is 5.83. The maximum absolute atomic E-state index is 13.4. The molecule has 2 heterocycles.